The van der Waals surface area contributed by atoms with Gasteiger partial charge in [-0.15, -0.1) is 0 Å². The summed E-state index contributed by atoms with van der Waals surface area (Å²) < 4.78 is 0. The van der Waals surface area contributed by atoms with Crippen molar-refractivity contribution in [2.24, 2.45) is 5.92 Å². The van der Waals surface area contributed by atoms with Crippen LogP contribution < -0.4 is 10.6 Å². The van der Waals surface area contributed by atoms with Gasteiger partial charge >= 0.3 is 5.97 Å². The van der Waals surface area contributed by atoms with Crippen molar-refractivity contribution in [1.82, 2.24) is 20.6 Å². The van der Waals surface area contributed by atoms with Crippen LogP contribution in [0.3, 0.4) is 0 Å². The van der Waals surface area contributed by atoms with E-state index in [1.807, 2.05) is 0 Å². The first kappa shape index (κ1) is 21.7. The Kier molecular flexibility index (Phi) is 7.10. The number of carbonyl (C=O) groups is 1. The number of nitrogens with one attached hydrogen (secondary N) is 2. The van der Waals surface area contributed by atoms with Crippen molar-refractivity contribution in [2.45, 2.75) is 70.1 Å². The molecule has 2 aliphatic rings. The summed E-state index contributed by atoms with van der Waals surface area (Å²) in [6.45, 7) is 2.94. The predicted molar refractivity (Wildman–Crippen MR) is 122 cm³/mol. The minimum atomic E-state index is -1.09. The van der Waals surface area contributed by atoms with Gasteiger partial charge in [-0.05, 0) is 50.0 Å². The summed E-state index contributed by atoms with van der Waals surface area (Å²) in [4.78, 5) is 18.6. The van der Waals surface area contributed by atoms with E-state index in [0.29, 0.717) is 30.6 Å². The van der Waals surface area contributed by atoms with E-state index in [4.69, 9.17) is 5.11 Å². The molecule has 2 atom stereocenters. The normalized spacial score (nSPS) is 25.9. The number of carboxylic acids is 1. The van der Waals surface area contributed by atoms with Gasteiger partial charge in [0.05, 0.1) is 0 Å². The van der Waals surface area contributed by atoms with E-state index in [1.165, 1.54) is 24.8 Å². The standard InChI is InChI=1S/C25H32N4O2/c1-2-19(12-17-6-4-3-5-7-17)22-13-23(22)29-21-10-8-20(9-11-21)26-14-18-15-27-24(25(30)31)28-16-18/h3-7,12,15-16,20-23,26,29H,2,8-11,13-14H2,1H3,(H,30,31). The maximum absolute atomic E-state index is 10.8. The fourth-order valence-corrected chi connectivity index (χ4v) is 4.61. The van der Waals surface area contributed by atoms with Crippen LogP contribution in [0.1, 0.15) is 67.2 Å². The van der Waals surface area contributed by atoms with Crippen molar-refractivity contribution in [3.8, 4) is 0 Å². The van der Waals surface area contributed by atoms with Crippen LogP contribution >= 0.6 is 0 Å². The largest absolute Gasteiger partial charge is 0.475 e. The zero-order valence-corrected chi connectivity index (χ0v) is 18.1. The zero-order valence-electron chi connectivity index (χ0n) is 18.1. The van der Waals surface area contributed by atoms with E-state index >= 15 is 0 Å². The number of aromatic carboxylic acids is 1. The predicted octanol–water partition coefficient (Wildman–Crippen LogP) is 4.05. The van der Waals surface area contributed by atoms with Crippen molar-refractivity contribution >= 4 is 12.0 Å². The van der Waals surface area contributed by atoms with Gasteiger partial charge in [0.25, 0.3) is 0 Å². The Balaban J connectivity index is 1.18. The number of hydrogen-bond donors (Lipinski definition) is 3. The summed E-state index contributed by atoms with van der Waals surface area (Å²) in [5.41, 5.74) is 3.79. The second-order valence-corrected chi connectivity index (χ2v) is 8.75. The molecule has 0 aliphatic heterocycles. The highest BCUT2D eigenvalue weighted by atomic mass is 16.4. The lowest BCUT2D eigenvalue weighted by Crippen LogP contribution is -2.40. The molecule has 164 valence electrons. The van der Waals surface area contributed by atoms with Gasteiger partial charge in [0.1, 0.15) is 0 Å². The lowest BCUT2D eigenvalue weighted by Gasteiger charge is -2.30. The van der Waals surface area contributed by atoms with Crippen molar-refractivity contribution in [3.05, 3.63) is 65.2 Å². The lowest BCUT2D eigenvalue weighted by atomic mass is 9.91. The Bertz CT molecular complexity index is 889. The minimum absolute atomic E-state index is 0.154. The molecule has 0 radical (unpaired) electrons. The monoisotopic (exact) mass is 420 g/mol. The smallest absolute Gasteiger partial charge is 0.373 e. The Labute approximate surface area is 184 Å². The first-order valence-corrected chi connectivity index (χ1v) is 11.4. The molecular formula is C25H32N4O2. The Hall–Kier alpha value is -2.57. The highest BCUT2D eigenvalue weighted by Crippen LogP contribution is 2.40. The third kappa shape index (κ3) is 5.99. The second-order valence-electron chi connectivity index (χ2n) is 8.75. The molecule has 0 bridgehead atoms. The molecule has 1 heterocycles. The topological polar surface area (TPSA) is 87.1 Å². The first-order chi connectivity index (χ1) is 15.1. The molecule has 0 saturated heterocycles. The van der Waals surface area contributed by atoms with E-state index in [2.05, 4.69) is 63.9 Å². The number of rotatable bonds is 9. The third-order valence-electron chi connectivity index (χ3n) is 6.50. The molecule has 1 aromatic carbocycles. The van der Waals surface area contributed by atoms with Crippen LogP contribution in [-0.2, 0) is 6.54 Å². The summed E-state index contributed by atoms with van der Waals surface area (Å²) in [6.07, 6.45) is 12.6. The number of benzene rings is 1. The van der Waals surface area contributed by atoms with Crippen molar-refractivity contribution < 1.29 is 9.90 Å². The summed E-state index contributed by atoms with van der Waals surface area (Å²) >= 11 is 0. The molecule has 1 aromatic heterocycles. The molecule has 0 amide bonds. The van der Waals surface area contributed by atoms with Gasteiger partial charge in [-0.1, -0.05) is 48.9 Å². The average Bonchev–Trinajstić information content (AvgIpc) is 3.56. The van der Waals surface area contributed by atoms with E-state index in [1.54, 1.807) is 18.0 Å². The number of aromatic nitrogens is 2. The quantitative estimate of drug-likeness (QED) is 0.567. The first-order valence-electron chi connectivity index (χ1n) is 11.4. The molecule has 31 heavy (non-hydrogen) atoms. The van der Waals surface area contributed by atoms with E-state index in [9.17, 15) is 4.79 Å². The summed E-state index contributed by atoms with van der Waals surface area (Å²) in [7, 11) is 0. The van der Waals surface area contributed by atoms with Crippen LogP contribution in [0.2, 0.25) is 0 Å². The number of hydrogen-bond acceptors (Lipinski definition) is 5. The maximum atomic E-state index is 10.8. The van der Waals surface area contributed by atoms with E-state index < -0.39 is 5.97 Å². The molecule has 6 nitrogen and oxygen atoms in total. The van der Waals surface area contributed by atoms with Gasteiger partial charge in [-0.2, -0.15) is 0 Å². The van der Waals surface area contributed by atoms with Crippen LogP contribution in [0.4, 0.5) is 0 Å². The van der Waals surface area contributed by atoms with Crippen LogP contribution in [0.25, 0.3) is 6.08 Å². The Morgan fingerprint density at radius 2 is 1.77 bits per heavy atom. The lowest BCUT2D eigenvalue weighted by molar-refractivity contribution is 0.0683. The summed E-state index contributed by atoms with van der Waals surface area (Å²) in [5.74, 6) is -0.557. The Morgan fingerprint density at radius 1 is 1.10 bits per heavy atom. The Morgan fingerprint density at radius 3 is 2.42 bits per heavy atom. The summed E-state index contributed by atoms with van der Waals surface area (Å²) in [6, 6.07) is 12.4. The van der Waals surface area contributed by atoms with Crippen molar-refractivity contribution in [1.29, 1.82) is 0 Å². The van der Waals surface area contributed by atoms with Crippen molar-refractivity contribution in [3.63, 3.8) is 0 Å². The van der Waals surface area contributed by atoms with Gasteiger partial charge in [0.2, 0.25) is 5.82 Å². The van der Waals surface area contributed by atoms with Crippen LogP contribution in [0.5, 0.6) is 0 Å². The molecule has 0 spiro atoms. The fourth-order valence-electron chi connectivity index (χ4n) is 4.61. The zero-order chi connectivity index (χ0) is 21.6. The van der Waals surface area contributed by atoms with Gasteiger partial charge in [0, 0.05) is 42.6 Å². The molecule has 2 fully saturated rings. The highest BCUT2D eigenvalue weighted by molar-refractivity contribution is 5.82. The summed E-state index contributed by atoms with van der Waals surface area (Å²) in [5, 5.41) is 16.4. The molecular weight excluding hydrogens is 388 g/mol. The van der Waals surface area contributed by atoms with Gasteiger partial charge < -0.3 is 15.7 Å². The highest BCUT2D eigenvalue weighted by Gasteiger charge is 2.40. The van der Waals surface area contributed by atoms with Crippen LogP contribution in [0, 0.1) is 5.92 Å². The van der Waals surface area contributed by atoms with E-state index in [0.717, 1.165) is 24.8 Å². The molecule has 2 aliphatic carbocycles. The average molecular weight is 421 g/mol. The molecule has 4 rings (SSSR count). The number of nitrogens with zero attached hydrogens (tertiary/aromatic N) is 2. The molecule has 2 aromatic rings. The van der Waals surface area contributed by atoms with Gasteiger partial charge in [-0.3, -0.25) is 0 Å². The maximum Gasteiger partial charge on any atom is 0.373 e. The number of carboxylic acid groups (broad SMARTS) is 1. The molecule has 3 N–H and O–H groups in total. The molecule has 6 heteroatoms. The van der Waals surface area contributed by atoms with Crippen LogP contribution in [0.15, 0.2) is 48.3 Å². The third-order valence-corrected chi connectivity index (χ3v) is 6.50. The molecule has 2 saturated carbocycles. The van der Waals surface area contributed by atoms with Crippen LogP contribution in [-0.4, -0.2) is 39.2 Å². The van der Waals surface area contributed by atoms with Gasteiger partial charge in [0.15, 0.2) is 0 Å². The minimum Gasteiger partial charge on any atom is -0.475 e. The van der Waals surface area contributed by atoms with Crippen molar-refractivity contribution in [2.75, 3.05) is 0 Å². The van der Waals surface area contributed by atoms with Gasteiger partial charge in [-0.25, -0.2) is 14.8 Å². The fraction of sp³-hybridized carbons (Fsp3) is 0.480. The van der Waals surface area contributed by atoms with E-state index in [-0.39, 0.29) is 5.82 Å². The molecule has 2 unspecified atom stereocenters. The SMILES string of the molecule is CCC(=Cc1ccccc1)C1CC1NC1CCC(NCc2cnc(C(=O)O)nc2)CC1. The second kappa shape index (κ2) is 10.2.